The van der Waals surface area contributed by atoms with Crippen LogP contribution in [0, 0.1) is 20.8 Å². The number of carbonyl (C=O) groups excluding carboxylic acids is 1. The minimum atomic E-state index is -0.448. The standard InChI is InChI=1S/C19H17ClN2O3/c1-11-4-6-16(17(20)8-11)18-9-14(25-22-18)10-24-19(23)15-7-5-12(2)21-13(15)3/h4-9H,10H2,1-3H3. The van der Waals surface area contributed by atoms with Crippen LogP contribution in [-0.4, -0.2) is 16.1 Å². The minimum absolute atomic E-state index is 0.0113. The number of esters is 1. The third-order valence-corrected chi connectivity index (χ3v) is 4.06. The second-order valence-electron chi connectivity index (χ2n) is 5.82. The molecule has 1 aromatic carbocycles. The van der Waals surface area contributed by atoms with Gasteiger partial charge < -0.3 is 9.26 Å². The molecule has 0 aliphatic carbocycles. The Hall–Kier alpha value is -2.66. The molecule has 2 heterocycles. The number of aryl methyl sites for hydroxylation is 3. The Morgan fingerprint density at radius 1 is 1.16 bits per heavy atom. The average Bonchev–Trinajstić information content (AvgIpc) is 3.01. The number of benzene rings is 1. The minimum Gasteiger partial charge on any atom is -0.454 e. The van der Waals surface area contributed by atoms with Crippen molar-refractivity contribution in [2.75, 3.05) is 0 Å². The highest BCUT2D eigenvalue weighted by Gasteiger charge is 2.15. The molecule has 3 rings (SSSR count). The first kappa shape index (κ1) is 17.2. The van der Waals surface area contributed by atoms with E-state index >= 15 is 0 Å². The Balaban J connectivity index is 1.70. The molecule has 0 radical (unpaired) electrons. The van der Waals surface area contributed by atoms with E-state index in [1.54, 1.807) is 25.1 Å². The summed E-state index contributed by atoms with van der Waals surface area (Å²) in [7, 11) is 0. The van der Waals surface area contributed by atoms with E-state index in [2.05, 4.69) is 10.1 Å². The van der Waals surface area contributed by atoms with Gasteiger partial charge in [0.25, 0.3) is 0 Å². The van der Waals surface area contributed by atoms with E-state index in [1.807, 2.05) is 32.0 Å². The van der Waals surface area contributed by atoms with Crippen LogP contribution in [0.25, 0.3) is 11.3 Å². The highest BCUT2D eigenvalue weighted by atomic mass is 35.5. The molecule has 128 valence electrons. The van der Waals surface area contributed by atoms with Crippen molar-refractivity contribution < 1.29 is 14.1 Å². The third-order valence-electron chi connectivity index (χ3n) is 3.75. The Labute approximate surface area is 150 Å². The first-order chi connectivity index (χ1) is 11.9. The highest BCUT2D eigenvalue weighted by Crippen LogP contribution is 2.28. The topological polar surface area (TPSA) is 65.2 Å². The normalized spacial score (nSPS) is 10.7. The van der Waals surface area contributed by atoms with Crippen LogP contribution in [0.1, 0.15) is 33.1 Å². The zero-order valence-corrected chi connectivity index (χ0v) is 14.9. The molecule has 2 aromatic heterocycles. The summed E-state index contributed by atoms with van der Waals surface area (Å²) in [4.78, 5) is 16.4. The van der Waals surface area contributed by atoms with Crippen LogP contribution >= 0.6 is 11.6 Å². The van der Waals surface area contributed by atoms with E-state index in [1.165, 1.54) is 0 Å². The summed E-state index contributed by atoms with van der Waals surface area (Å²) in [5.74, 6) is -0.00552. The average molecular weight is 357 g/mol. The second kappa shape index (κ2) is 7.07. The lowest BCUT2D eigenvalue weighted by atomic mass is 10.1. The van der Waals surface area contributed by atoms with E-state index in [4.69, 9.17) is 20.9 Å². The van der Waals surface area contributed by atoms with Crippen molar-refractivity contribution in [3.63, 3.8) is 0 Å². The van der Waals surface area contributed by atoms with Gasteiger partial charge in [-0.2, -0.15) is 0 Å². The maximum absolute atomic E-state index is 12.2. The molecule has 0 saturated heterocycles. The van der Waals surface area contributed by atoms with Crippen LogP contribution in [0.4, 0.5) is 0 Å². The Kier molecular flexibility index (Phi) is 4.86. The van der Waals surface area contributed by atoms with Gasteiger partial charge in [0.1, 0.15) is 5.69 Å². The number of ether oxygens (including phenoxy) is 1. The number of carbonyl (C=O) groups is 1. The van der Waals surface area contributed by atoms with Gasteiger partial charge in [-0.25, -0.2) is 4.79 Å². The predicted octanol–water partition coefficient (Wildman–Crippen LogP) is 4.67. The number of halogens is 1. The molecule has 0 aliphatic rings. The van der Waals surface area contributed by atoms with Crippen molar-refractivity contribution in [1.82, 2.24) is 10.1 Å². The SMILES string of the molecule is Cc1ccc(-c2cc(COC(=O)c3ccc(C)nc3C)on2)c(Cl)c1. The van der Waals surface area contributed by atoms with Gasteiger partial charge in [0, 0.05) is 17.3 Å². The lowest BCUT2D eigenvalue weighted by molar-refractivity contribution is 0.0436. The van der Waals surface area contributed by atoms with Crippen LogP contribution in [0.2, 0.25) is 5.02 Å². The number of rotatable bonds is 4. The molecular formula is C19H17ClN2O3. The lowest BCUT2D eigenvalue weighted by Crippen LogP contribution is -2.08. The fraction of sp³-hybridized carbons (Fsp3) is 0.211. The Morgan fingerprint density at radius 3 is 2.68 bits per heavy atom. The summed E-state index contributed by atoms with van der Waals surface area (Å²) in [5, 5.41) is 4.59. The van der Waals surface area contributed by atoms with Crippen molar-refractivity contribution in [2.45, 2.75) is 27.4 Å². The number of nitrogens with zero attached hydrogens (tertiary/aromatic N) is 2. The van der Waals surface area contributed by atoms with Crippen molar-refractivity contribution >= 4 is 17.6 Å². The number of aromatic nitrogens is 2. The maximum Gasteiger partial charge on any atom is 0.340 e. The van der Waals surface area contributed by atoms with Crippen molar-refractivity contribution in [2.24, 2.45) is 0 Å². The lowest BCUT2D eigenvalue weighted by Gasteiger charge is -2.05. The molecule has 0 unspecified atom stereocenters. The fourth-order valence-electron chi connectivity index (χ4n) is 2.45. The van der Waals surface area contributed by atoms with Crippen LogP contribution < -0.4 is 0 Å². The van der Waals surface area contributed by atoms with E-state index in [0.717, 1.165) is 16.8 Å². The summed E-state index contributed by atoms with van der Waals surface area (Å²) in [5.41, 5.74) is 4.36. The van der Waals surface area contributed by atoms with Gasteiger partial charge in [-0.05, 0) is 44.5 Å². The molecule has 3 aromatic rings. The zero-order valence-electron chi connectivity index (χ0n) is 14.2. The Morgan fingerprint density at radius 2 is 1.96 bits per heavy atom. The number of hydrogen-bond acceptors (Lipinski definition) is 5. The molecule has 0 saturated carbocycles. The molecule has 0 spiro atoms. The van der Waals surface area contributed by atoms with Gasteiger partial charge in [0.05, 0.1) is 16.3 Å². The molecular weight excluding hydrogens is 340 g/mol. The van der Waals surface area contributed by atoms with Crippen LogP contribution in [0.15, 0.2) is 40.9 Å². The number of hydrogen-bond donors (Lipinski definition) is 0. The monoisotopic (exact) mass is 356 g/mol. The predicted molar refractivity (Wildman–Crippen MR) is 94.5 cm³/mol. The molecule has 25 heavy (non-hydrogen) atoms. The van der Waals surface area contributed by atoms with Gasteiger partial charge in [-0.15, -0.1) is 0 Å². The molecule has 0 aliphatic heterocycles. The Bertz CT molecular complexity index is 934. The molecule has 0 amide bonds. The summed E-state index contributed by atoms with van der Waals surface area (Å²) < 4.78 is 10.5. The molecule has 0 N–H and O–H groups in total. The third kappa shape index (κ3) is 3.88. The van der Waals surface area contributed by atoms with Crippen LogP contribution in [0.3, 0.4) is 0 Å². The van der Waals surface area contributed by atoms with Crippen LogP contribution in [0.5, 0.6) is 0 Å². The van der Waals surface area contributed by atoms with Gasteiger partial charge in [-0.1, -0.05) is 28.9 Å². The van der Waals surface area contributed by atoms with E-state index in [-0.39, 0.29) is 6.61 Å². The molecule has 6 heteroatoms. The summed E-state index contributed by atoms with van der Waals surface area (Å²) in [6.07, 6.45) is 0. The van der Waals surface area contributed by atoms with Crippen molar-refractivity contribution in [3.8, 4) is 11.3 Å². The summed E-state index contributed by atoms with van der Waals surface area (Å²) in [6.45, 7) is 5.60. The smallest absolute Gasteiger partial charge is 0.340 e. The van der Waals surface area contributed by atoms with Gasteiger partial charge in [-0.3, -0.25) is 4.98 Å². The van der Waals surface area contributed by atoms with E-state index in [9.17, 15) is 4.79 Å². The quantitative estimate of drug-likeness (QED) is 0.635. The maximum atomic E-state index is 12.2. The molecule has 0 fully saturated rings. The van der Waals surface area contributed by atoms with E-state index in [0.29, 0.717) is 27.7 Å². The van der Waals surface area contributed by atoms with Crippen LogP contribution in [-0.2, 0) is 11.3 Å². The highest BCUT2D eigenvalue weighted by molar-refractivity contribution is 6.33. The van der Waals surface area contributed by atoms with Gasteiger partial charge in [0.2, 0.25) is 0 Å². The van der Waals surface area contributed by atoms with Crippen molar-refractivity contribution in [3.05, 3.63) is 69.7 Å². The summed E-state index contributed by atoms with van der Waals surface area (Å²) in [6, 6.07) is 10.9. The number of pyridine rings is 1. The molecule has 5 nitrogen and oxygen atoms in total. The first-order valence-electron chi connectivity index (χ1n) is 7.77. The zero-order chi connectivity index (χ0) is 18.0. The van der Waals surface area contributed by atoms with Gasteiger partial charge >= 0.3 is 5.97 Å². The molecule has 0 atom stereocenters. The van der Waals surface area contributed by atoms with E-state index < -0.39 is 5.97 Å². The molecule has 0 bridgehead atoms. The second-order valence-corrected chi connectivity index (χ2v) is 6.23. The largest absolute Gasteiger partial charge is 0.454 e. The first-order valence-corrected chi connectivity index (χ1v) is 8.15. The van der Waals surface area contributed by atoms with Gasteiger partial charge in [0.15, 0.2) is 12.4 Å². The summed E-state index contributed by atoms with van der Waals surface area (Å²) >= 11 is 6.24. The fourth-order valence-corrected chi connectivity index (χ4v) is 2.78. The van der Waals surface area contributed by atoms with Crippen molar-refractivity contribution in [1.29, 1.82) is 0 Å².